The number of rotatable bonds is 10. The maximum atomic E-state index is 12.2. The van der Waals surface area contributed by atoms with E-state index in [0.29, 0.717) is 6.54 Å². The van der Waals surface area contributed by atoms with Crippen molar-refractivity contribution in [1.29, 1.82) is 0 Å². The molecule has 5 atom stereocenters. The Labute approximate surface area is 253 Å². The number of nitrogens with one attached hydrogen (secondary N) is 1. The number of aromatic nitrogens is 1. The molecule has 3 aromatic carbocycles. The van der Waals surface area contributed by atoms with E-state index in [1.54, 1.807) is 23.1 Å². The Morgan fingerprint density at radius 1 is 1.02 bits per heavy atom. The molecule has 0 aliphatic carbocycles. The van der Waals surface area contributed by atoms with Gasteiger partial charge in [-0.3, -0.25) is 9.59 Å². The molecule has 2 heterocycles. The van der Waals surface area contributed by atoms with E-state index in [9.17, 15) is 14.7 Å². The van der Waals surface area contributed by atoms with Gasteiger partial charge in [-0.25, -0.2) is 4.98 Å². The van der Waals surface area contributed by atoms with Crippen molar-refractivity contribution in [3.8, 4) is 0 Å². The molecule has 1 aliphatic rings. The lowest BCUT2D eigenvalue weighted by Crippen LogP contribution is -2.38. The van der Waals surface area contributed by atoms with Crippen molar-refractivity contribution in [2.45, 2.75) is 62.9 Å². The lowest BCUT2D eigenvalue weighted by Gasteiger charge is -2.41. The molecule has 0 spiro atoms. The molecule has 10 heteroatoms. The van der Waals surface area contributed by atoms with Gasteiger partial charge in [0, 0.05) is 30.7 Å². The summed E-state index contributed by atoms with van der Waals surface area (Å²) in [6.45, 7) is 5.25. The lowest BCUT2D eigenvalue weighted by atomic mass is 9.91. The summed E-state index contributed by atoms with van der Waals surface area (Å²) in [7, 11) is 0. The van der Waals surface area contributed by atoms with Gasteiger partial charge in [0.05, 0.1) is 29.0 Å². The van der Waals surface area contributed by atoms with Gasteiger partial charge in [0.1, 0.15) is 0 Å². The zero-order chi connectivity index (χ0) is 29.6. The second-order valence-corrected chi connectivity index (χ2v) is 12.6. The number of aliphatic hydroxyl groups is 1. The fourth-order valence-electron chi connectivity index (χ4n) is 4.80. The Morgan fingerprint density at radius 3 is 2.40 bits per heavy atom. The highest BCUT2D eigenvalue weighted by Gasteiger charge is 2.38. The predicted molar refractivity (Wildman–Crippen MR) is 163 cm³/mol. The molecule has 4 aromatic rings. The van der Waals surface area contributed by atoms with Crippen LogP contribution in [0.3, 0.4) is 0 Å². The van der Waals surface area contributed by atoms with E-state index in [4.69, 9.17) is 19.2 Å². The van der Waals surface area contributed by atoms with Crippen molar-refractivity contribution in [2.24, 2.45) is 5.92 Å². The Bertz CT molecular complexity index is 1470. The number of benzene rings is 3. The Kier molecular flexibility index (Phi) is 9.91. The standard InChI is InChI=1S/C32H34N2O6S2/c1-19-27(18-41-32-34-26-6-4-5-7-28(26)42-32)39-31(40-29(19)24-12-10-23(17-35)11-13-24)25-14-8-22(9-15-25)16-33-30(37)20(2)38-21(3)36/h4-15,19-20,27,29,31,35H,16-18H2,1-3H3,(H,33,37)/t19-,20-,27+,29+,31+/m0/s1. The second kappa shape index (κ2) is 13.8. The van der Waals surface area contributed by atoms with Gasteiger partial charge in [-0.1, -0.05) is 79.3 Å². The molecular formula is C32H34N2O6S2. The van der Waals surface area contributed by atoms with Gasteiger partial charge in [-0.05, 0) is 35.7 Å². The van der Waals surface area contributed by atoms with E-state index in [1.165, 1.54) is 13.8 Å². The molecule has 0 saturated carbocycles. The van der Waals surface area contributed by atoms with E-state index < -0.39 is 18.4 Å². The first-order valence-electron chi connectivity index (χ1n) is 13.8. The summed E-state index contributed by atoms with van der Waals surface area (Å²) in [5.74, 6) is -0.0674. The fourth-order valence-corrected chi connectivity index (χ4v) is 7.06. The highest BCUT2D eigenvalue weighted by molar-refractivity contribution is 8.01. The van der Waals surface area contributed by atoms with Gasteiger partial charge in [0.2, 0.25) is 0 Å². The molecule has 8 nitrogen and oxygen atoms in total. The fraction of sp³-hybridized carbons (Fsp3) is 0.344. The van der Waals surface area contributed by atoms with E-state index in [-0.39, 0.29) is 30.6 Å². The van der Waals surface area contributed by atoms with Gasteiger partial charge in [0.25, 0.3) is 5.91 Å². The number of hydrogen-bond acceptors (Lipinski definition) is 9. The normalized spacial score (nSPS) is 21.1. The first kappa shape index (κ1) is 30.2. The topological polar surface area (TPSA) is 107 Å². The minimum absolute atomic E-state index is 0.00993. The third-order valence-electron chi connectivity index (χ3n) is 7.20. The summed E-state index contributed by atoms with van der Waals surface area (Å²) in [6.07, 6.45) is -1.75. The quantitative estimate of drug-likeness (QED) is 0.169. The third-order valence-corrected chi connectivity index (χ3v) is 9.47. The molecule has 0 bridgehead atoms. The van der Waals surface area contributed by atoms with Crippen LogP contribution in [0, 0.1) is 5.92 Å². The van der Waals surface area contributed by atoms with Crippen molar-refractivity contribution < 1.29 is 28.9 Å². The number of aliphatic hydroxyl groups excluding tert-OH is 1. The molecule has 0 unspecified atom stereocenters. The van der Waals surface area contributed by atoms with Crippen LogP contribution in [0.4, 0.5) is 0 Å². The summed E-state index contributed by atoms with van der Waals surface area (Å²) in [5, 5.41) is 12.3. The number of carbonyl (C=O) groups is 2. The van der Waals surface area contributed by atoms with Crippen LogP contribution in [0.1, 0.15) is 55.4 Å². The molecule has 220 valence electrons. The van der Waals surface area contributed by atoms with Crippen LogP contribution in [-0.2, 0) is 37.0 Å². The van der Waals surface area contributed by atoms with Crippen molar-refractivity contribution in [3.63, 3.8) is 0 Å². The number of thiazole rings is 1. The SMILES string of the molecule is CC(=O)O[C@@H](C)C(=O)NCc1ccc([C@@H]2O[C@H](CSc3nc4ccccc4s3)[C@H](C)[C@H](c3ccc(CO)cc3)O2)cc1. The first-order chi connectivity index (χ1) is 20.3. The first-order valence-corrected chi connectivity index (χ1v) is 15.6. The minimum atomic E-state index is -0.853. The number of para-hydroxylation sites is 1. The molecule has 2 N–H and O–H groups in total. The average molecular weight is 607 g/mol. The number of hydrogen-bond donors (Lipinski definition) is 2. The van der Waals surface area contributed by atoms with E-state index >= 15 is 0 Å². The van der Waals surface area contributed by atoms with Crippen LogP contribution in [0.5, 0.6) is 0 Å². The number of amides is 1. The average Bonchev–Trinajstić information content (AvgIpc) is 3.42. The van der Waals surface area contributed by atoms with Crippen molar-refractivity contribution >= 4 is 45.2 Å². The number of esters is 1. The van der Waals surface area contributed by atoms with Crippen LogP contribution in [-0.4, -0.2) is 39.9 Å². The molecule has 1 fully saturated rings. The molecule has 0 radical (unpaired) electrons. The largest absolute Gasteiger partial charge is 0.453 e. The highest BCUT2D eigenvalue weighted by Crippen LogP contribution is 2.43. The third kappa shape index (κ3) is 7.37. The van der Waals surface area contributed by atoms with Crippen LogP contribution in [0.25, 0.3) is 10.2 Å². The van der Waals surface area contributed by atoms with Crippen LogP contribution in [0.2, 0.25) is 0 Å². The van der Waals surface area contributed by atoms with Crippen LogP contribution < -0.4 is 5.32 Å². The molecule has 42 heavy (non-hydrogen) atoms. The zero-order valence-corrected chi connectivity index (χ0v) is 25.3. The summed E-state index contributed by atoms with van der Waals surface area (Å²) in [6, 6.07) is 23.7. The number of nitrogens with zero attached hydrogens (tertiary/aromatic N) is 1. The smallest absolute Gasteiger partial charge is 0.303 e. The van der Waals surface area contributed by atoms with Gasteiger partial charge in [-0.15, -0.1) is 11.3 Å². The van der Waals surface area contributed by atoms with E-state index in [1.807, 2.05) is 66.7 Å². The number of carbonyl (C=O) groups excluding carboxylic acids is 2. The number of ether oxygens (including phenoxy) is 3. The summed E-state index contributed by atoms with van der Waals surface area (Å²) < 4.78 is 20.2. The number of fused-ring (bicyclic) bond motifs is 1. The second-order valence-electron chi connectivity index (χ2n) is 10.3. The molecule has 1 saturated heterocycles. The molecule has 1 amide bonds. The minimum Gasteiger partial charge on any atom is -0.453 e. The Balaban J connectivity index is 1.30. The maximum absolute atomic E-state index is 12.2. The molecule has 5 rings (SSSR count). The van der Waals surface area contributed by atoms with Gasteiger partial charge >= 0.3 is 5.97 Å². The zero-order valence-electron chi connectivity index (χ0n) is 23.7. The summed E-state index contributed by atoms with van der Waals surface area (Å²) in [4.78, 5) is 28.1. The molecule has 1 aliphatic heterocycles. The maximum Gasteiger partial charge on any atom is 0.303 e. The number of thioether (sulfide) groups is 1. The van der Waals surface area contributed by atoms with Crippen molar-refractivity contribution in [3.05, 3.63) is 95.1 Å². The Morgan fingerprint density at radius 2 is 1.71 bits per heavy atom. The van der Waals surface area contributed by atoms with E-state index in [2.05, 4.69) is 18.3 Å². The summed E-state index contributed by atoms with van der Waals surface area (Å²) in [5.41, 5.74) is 4.65. The van der Waals surface area contributed by atoms with Gasteiger partial charge in [-0.2, -0.15) is 0 Å². The van der Waals surface area contributed by atoms with Crippen molar-refractivity contribution in [2.75, 3.05) is 5.75 Å². The molecule has 1 aromatic heterocycles. The van der Waals surface area contributed by atoms with Gasteiger partial charge < -0.3 is 24.6 Å². The van der Waals surface area contributed by atoms with Crippen LogP contribution in [0.15, 0.2) is 77.1 Å². The summed E-state index contributed by atoms with van der Waals surface area (Å²) >= 11 is 3.38. The molecular weight excluding hydrogens is 572 g/mol. The lowest BCUT2D eigenvalue weighted by molar-refractivity contribution is -0.268. The highest BCUT2D eigenvalue weighted by atomic mass is 32.2. The van der Waals surface area contributed by atoms with Crippen LogP contribution >= 0.6 is 23.1 Å². The van der Waals surface area contributed by atoms with E-state index in [0.717, 1.165) is 42.6 Å². The van der Waals surface area contributed by atoms with Crippen molar-refractivity contribution in [1.82, 2.24) is 10.3 Å². The predicted octanol–water partition coefficient (Wildman–Crippen LogP) is 5.94. The van der Waals surface area contributed by atoms with Gasteiger partial charge in [0.15, 0.2) is 16.7 Å². The monoisotopic (exact) mass is 606 g/mol. The Hall–Kier alpha value is -3.28.